The van der Waals surface area contributed by atoms with Crippen LogP contribution in [-0.2, 0) is 9.59 Å². The number of alkyl halides is 3. The van der Waals surface area contributed by atoms with Crippen molar-refractivity contribution >= 4 is 23.5 Å². The van der Waals surface area contributed by atoms with Crippen LogP contribution >= 0.6 is 0 Å². The molecule has 1 aromatic heterocycles. The fraction of sp³-hybridized carbons (Fsp3) is 0.444. The number of nitrogen functional groups attached to an aromatic ring is 1. The van der Waals surface area contributed by atoms with Crippen LogP contribution in [0.5, 0.6) is 0 Å². The summed E-state index contributed by atoms with van der Waals surface area (Å²) in [4.78, 5) is 20.3. The van der Waals surface area contributed by atoms with Crippen LogP contribution in [0.2, 0.25) is 0 Å². The second-order valence-corrected chi connectivity index (χ2v) is 3.85. The largest absolute Gasteiger partial charge is 0.490 e. The summed E-state index contributed by atoms with van der Waals surface area (Å²) in [6.45, 7) is 1.49. The van der Waals surface area contributed by atoms with E-state index in [1.165, 1.54) is 0 Å². The summed E-state index contributed by atoms with van der Waals surface area (Å²) < 4.78 is 31.7. The van der Waals surface area contributed by atoms with E-state index in [9.17, 15) is 18.0 Å². The van der Waals surface area contributed by atoms with E-state index in [1.807, 2.05) is 0 Å². The SMILES string of the molecule is Nc1cc(NC(=O)C2CNC2)[nH]n1.O=C(O)C(F)(F)F. The molecule has 11 heteroatoms. The van der Waals surface area contributed by atoms with Crippen molar-refractivity contribution in [1.82, 2.24) is 15.5 Å². The fourth-order valence-corrected chi connectivity index (χ4v) is 1.11. The summed E-state index contributed by atoms with van der Waals surface area (Å²) in [7, 11) is 0. The summed E-state index contributed by atoms with van der Waals surface area (Å²) in [5, 5.41) is 19.1. The molecule has 1 saturated heterocycles. The van der Waals surface area contributed by atoms with Crippen molar-refractivity contribution in [3.8, 4) is 0 Å². The van der Waals surface area contributed by atoms with Gasteiger partial charge in [-0.25, -0.2) is 4.79 Å². The van der Waals surface area contributed by atoms with Gasteiger partial charge < -0.3 is 21.5 Å². The highest BCUT2D eigenvalue weighted by Crippen LogP contribution is 2.13. The zero-order valence-electron chi connectivity index (χ0n) is 9.99. The monoisotopic (exact) mass is 295 g/mol. The van der Waals surface area contributed by atoms with Gasteiger partial charge in [-0.2, -0.15) is 18.3 Å². The Morgan fingerprint density at radius 3 is 2.30 bits per heavy atom. The Labute approximate surface area is 110 Å². The van der Waals surface area contributed by atoms with E-state index in [0.717, 1.165) is 13.1 Å². The summed E-state index contributed by atoms with van der Waals surface area (Å²) >= 11 is 0. The van der Waals surface area contributed by atoms with Gasteiger partial charge in [0, 0.05) is 19.2 Å². The number of nitrogens with one attached hydrogen (secondary N) is 3. The molecule has 0 aliphatic carbocycles. The fourth-order valence-electron chi connectivity index (χ4n) is 1.11. The van der Waals surface area contributed by atoms with Crippen molar-refractivity contribution in [2.24, 2.45) is 5.92 Å². The summed E-state index contributed by atoms with van der Waals surface area (Å²) in [6.07, 6.45) is -5.08. The lowest BCUT2D eigenvalue weighted by molar-refractivity contribution is -0.192. The van der Waals surface area contributed by atoms with Crippen LogP contribution in [0.25, 0.3) is 0 Å². The van der Waals surface area contributed by atoms with Gasteiger partial charge in [-0.3, -0.25) is 9.89 Å². The van der Waals surface area contributed by atoms with E-state index in [2.05, 4.69) is 20.8 Å². The molecule has 112 valence electrons. The number of nitrogens with two attached hydrogens (primary N) is 1. The van der Waals surface area contributed by atoms with E-state index in [1.54, 1.807) is 6.07 Å². The Bertz CT molecular complexity index is 483. The highest BCUT2D eigenvalue weighted by atomic mass is 19.4. The second-order valence-electron chi connectivity index (χ2n) is 3.85. The molecule has 1 fully saturated rings. The second kappa shape index (κ2) is 6.23. The Balaban J connectivity index is 0.000000246. The summed E-state index contributed by atoms with van der Waals surface area (Å²) in [6, 6.07) is 1.59. The molecule has 0 bridgehead atoms. The third-order valence-corrected chi connectivity index (χ3v) is 2.25. The van der Waals surface area contributed by atoms with Crippen molar-refractivity contribution < 1.29 is 27.9 Å². The number of amides is 1. The number of H-pyrrole nitrogens is 1. The molecular formula is C9H12F3N5O3. The first-order valence-electron chi connectivity index (χ1n) is 5.32. The molecule has 0 atom stereocenters. The predicted octanol–water partition coefficient (Wildman–Crippen LogP) is -0.217. The Morgan fingerprint density at radius 2 is 2.00 bits per heavy atom. The number of aromatic amines is 1. The number of hydrogen-bond acceptors (Lipinski definition) is 5. The van der Waals surface area contributed by atoms with Gasteiger partial charge in [-0.1, -0.05) is 0 Å². The number of rotatable bonds is 2. The number of aromatic nitrogens is 2. The first-order chi connectivity index (χ1) is 9.20. The molecule has 1 aliphatic heterocycles. The highest BCUT2D eigenvalue weighted by Gasteiger charge is 2.38. The number of nitrogens with zero attached hydrogens (tertiary/aromatic N) is 1. The average molecular weight is 295 g/mol. The molecule has 0 saturated carbocycles. The van der Waals surface area contributed by atoms with Crippen molar-refractivity contribution in [2.45, 2.75) is 6.18 Å². The maximum atomic E-state index is 11.4. The number of anilines is 2. The lowest BCUT2D eigenvalue weighted by Crippen LogP contribution is -2.48. The van der Waals surface area contributed by atoms with Crippen molar-refractivity contribution in [3.05, 3.63) is 6.07 Å². The quantitative estimate of drug-likeness (QED) is 0.512. The maximum absolute atomic E-state index is 11.4. The first-order valence-corrected chi connectivity index (χ1v) is 5.32. The third kappa shape index (κ3) is 4.76. The first kappa shape index (κ1) is 15.8. The van der Waals surface area contributed by atoms with E-state index in [0.29, 0.717) is 11.6 Å². The van der Waals surface area contributed by atoms with Gasteiger partial charge in [-0.15, -0.1) is 0 Å². The number of carboxylic acids is 1. The number of hydrogen-bond donors (Lipinski definition) is 5. The van der Waals surface area contributed by atoms with Crippen LogP contribution in [0.15, 0.2) is 6.07 Å². The number of aliphatic carboxylic acids is 1. The number of carbonyl (C=O) groups excluding carboxylic acids is 1. The van der Waals surface area contributed by atoms with Crippen molar-refractivity contribution in [3.63, 3.8) is 0 Å². The van der Waals surface area contributed by atoms with Crippen LogP contribution in [0.3, 0.4) is 0 Å². The normalized spacial score (nSPS) is 14.8. The summed E-state index contributed by atoms with van der Waals surface area (Å²) in [5.41, 5.74) is 5.37. The zero-order valence-corrected chi connectivity index (χ0v) is 9.99. The number of carboxylic acid groups (broad SMARTS) is 1. The Hall–Kier alpha value is -2.30. The Morgan fingerprint density at radius 1 is 1.45 bits per heavy atom. The third-order valence-electron chi connectivity index (χ3n) is 2.25. The van der Waals surface area contributed by atoms with Gasteiger partial charge in [0.2, 0.25) is 5.91 Å². The van der Waals surface area contributed by atoms with Crippen LogP contribution < -0.4 is 16.4 Å². The molecule has 2 rings (SSSR count). The predicted molar refractivity (Wildman–Crippen MR) is 61.7 cm³/mol. The molecule has 0 aromatic carbocycles. The standard InChI is InChI=1S/C7H11N5O.C2HF3O2/c8-5-1-6(12-11-5)10-7(13)4-2-9-3-4;3-2(4,5)1(6)7/h1,4,9H,2-3H2,(H4,8,10,11,12,13);(H,6,7). The van der Waals surface area contributed by atoms with Crippen molar-refractivity contribution in [1.29, 1.82) is 0 Å². The molecule has 1 aromatic rings. The van der Waals surface area contributed by atoms with E-state index < -0.39 is 12.1 Å². The smallest absolute Gasteiger partial charge is 0.475 e. The van der Waals surface area contributed by atoms with Gasteiger partial charge in [-0.05, 0) is 0 Å². The minimum Gasteiger partial charge on any atom is -0.475 e. The summed E-state index contributed by atoms with van der Waals surface area (Å²) in [5.74, 6) is -1.75. The van der Waals surface area contributed by atoms with E-state index in [4.69, 9.17) is 15.6 Å². The molecule has 20 heavy (non-hydrogen) atoms. The molecular weight excluding hydrogens is 283 g/mol. The van der Waals surface area contributed by atoms with Gasteiger partial charge >= 0.3 is 12.1 Å². The van der Waals surface area contributed by atoms with Gasteiger partial charge in [0.25, 0.3) is 0 Å². The maximum Gasteiger partial charge on any atom is 0.490 e. The minimum absolute atomic E-state index is 0.00222. The molecule has 8 nitrogen and oxygen atoms in total. The molecule has 0 spiro atoms. The van der Waals surface area contributed by atoms with Crippen LogP contribution in [0.1, 0.15) is 0 Å². The van der Waals surface area contributed by atoms with E-state index >= 15 is 0 Å². The molecule has 2 heterocycles. The lowest BCUT2D eigenvalue weighted by atomic mass is 10.0. The van der Waals surface area contributed by atoms with Crippen molar-refractivity contribution in [2.75, 3.05) is 24.1 Å². The molecule has 1 amide bonds. The van der Waals surface area contributed by atoms with Crippen LogP contribution in [-0.4, -0.2) is 46.4 Å². The number of carbonyl (C=O) groups is 2. The molecule has 0 unspecified atom stereocenters. The van der Waals surface area contributed by atoms with Crippen LogP contribution in [0, 0.1) is 5.92 Å². The topological polar surface area (TPSA) is 133 Å². The molecule has 0 radical (unpaired) electrons. The van der Waals surface area contributed by atoms with Crippen LogP contribution in [0.4, 0.5) is 24.8 Å². The van der Waals surface area contributed by atoms with Gasteiger partial charge in [0.1, 0.15) is 11.6 Å². The lowest BCUT2D eigenvalue weighted by Gasteiger charge is -2.25. The Kier molecular flexibility index (Phi) is 4.91. The highest BCUT2D eigenvalue weighted by molar-refractivity contribution is 5.92. The van der Waals surface area contributed by atoms with Gasteiger partial charge in [0.15, 0.2) is 0 Å². The molecule has 1 aliphatic rings. The minimum atomic E-state index is -5.08. The van der Waals surface area contributed by atoms with Gasteiger partial charge in [0.05, 0.1) is 5.92 Å². The van der Waals surface area contributed by atoms with E-state index in [-0.39, 0.29) is 11.8 Å². The number of halogens is 3. The molecule has 6 N–H and O–H groups in total. The average Bonchev–Trinajstić information content (AvgIpc) is 2.60. The zero-order chi connectivity index (χ0) is 15.3.